The van der Waals surface area contributed by atoms with Gasteiger partial charge in [0.1, 0.15) is 12.4 Å². The van der Waals surface area contributed by atoms with E-state index in [4.69, 9.17) is 4.74 Å². The van der Waals surface area contributed by atoms with Crippen LogP contribution in [-0.4, -0.2) is 33.5 Å². The minimum Gasteiger partial charge on any atom is -0.488 e. The van der Waals surface area contributed by atoms with Crippen LogP contribution in [-0.2, 0) is 10.0 Å². The first-order valence-electron chi connectivity index (χ1n) is 5.80. The van der Waals surface area contributed by atoms with E-state index < -0.39 is 23.1 Å². The van der Waals surface area contributed by atoms with Crippen molar-refractivity contribution in [1.82, 2.24) is 4.98 Å². The van der Waals surface area contributed by atoms with Crippen LogP contribution >= 0.6 is 11.3 Å². The quantitative estimate of drug-likeness (QED) is 0.815. The zero-order valence-corrected chi connectivity index (χ0v) is 12.6. The molecule has 5 nitrogen and oxygen atoms in total. The summed E-state index contributed by atoms with van der Waals surface area (Å²) in [5, 5.41) is 2.01. The lowest BCUT2D eigenvalue weighted by Gasteiger charge is -2.16. The fraction of sp³-hybridized carbons (Fsp3) is 0.250. The van der Waals surface area contributed by atoms with Crippen molar-refractivity contribution in [2.24, 2.45) is 0 Å². The number of ether oxygens (including phenoxy) is 1. The molecule has 0 amide bonds. The van der Waals surface area contributed by atoms with Gasteiger partial charge in [0.2, 0.25) is 0 Å². The van der Waals surface area contributed by atoms with Gasteiger partial charge in [0, 0.05) is 18.6 Å². The van der Waals surface area contributed by atoms with Gasteiger partial charge in [0.05, 0.1) is 4.90 Å². The highest BCUT2D eigenvalue weighted by atomic mass is 32.2. The van der Waals surface area contributed by atoms with E-state index in [0.29, 0.717) is 5.13 Å². The minimum atomic E-state index is -3.73. The maximum Gasteiger partial charge on any atom is 0.272 e. The summed E-state index contributed by atoms with van der Waals surface area (Å²) in [5.41, 5.74) is 0. The molecule has 0 aliphatic heterocycles. The minimum absolute atomic E-state index is 0.0320. The highest BCUT2D eigenvalue weighted by Gasteiger charge is 2.22. The lowest BCUT2D eigenvalue weighted by Crippen LogP contribution is -2.26. The van der Waals surface area contributed by atoms with Crippen molar-refractivity contribution in [3.8, 4) is 5.75 Å². The van der Waals surface area contributed by atoms with Crippen molar-refractivity contribution >= 4 is 26.5 Å². The second kappa shape index (κ2) is 6.35. The number of alkyl halides is 2. The summed E-state index contributed by atoms with van der Waals surface area (Å²) in [7, 11) is -2.33. The molecule has 0 radical (unpaired) electrons. The molecule has 9 heteroatoms. The molecule has 2 aromatic rings. The van der Waals surface area contributed by atoms with Gasteiger partial charge < -0.3 is 4.74 Å². The molecule has 0 unspecified atom stereocenters. The number of aromatic nitrogens is 1. The normalized spacial score (nSPS) is 11.6. The number of benzene rings is 1. The first kappa shape index (κ1) is 15.6. The summed E-state index contributed by atoms with van der Waals surface area (Å²) in [6.45, 7) is -0.731. The predicted octanol–water partition coefficient (Wildman–Crippen LogP) is 2.61. The molecule has 0 N–H and O–H groups in total. The molecule has 2 rings (SSSR count). The highest BCUT2D eigenvalue weighted by Crippen LogP contribution is 2.25. The maximum absolute atomic E-state index is 12.3. The number of anilines is 1. The van der Waals surface area contributed by atoms with Crippen LogP contribution in [0.3, 0.4) is 0 Å². The van der Waals surface area contributed by atoms with Crippen molar-refractivity contribution < 1.29 is 21.9 Å². The molecule has 114 valence electrons. The molecule has 1 aromatic carbocycles. The zero-order valence-electron chi connectivity index (χ0n) is 10.9. The number of thiazole rings is 1. The van der Waals surface area contributed by atoms with Crippen LogP contribution in [0.25, 0.3) is 0 Å². The molecule has 0 aliphatic rings. The molecule has 21 heavy (non-hydrogen) atoms. The molecule has 1 aromatic heterocycles. The Morgan fingerprint density at radius 3 is 2.52 bits per heavy atom. The van der Waals surface area contributed by atoms with E-state index in [-0.39, 0.29) is 10.6 Å². The monoisotopic (exact) mass is 334 g/mol. The van der Waals surface area contributed by atoms with Crippen LogP contribution < -0.4 is 9.04 Å². The zero-order chi connectivity index (χ0) is 15.5. The molecular formula is C12H12F2N2O3S2. The van der Waals surface area contributed by atoms with Gasteiger partial charge in [-0.3, -0.25) is 0 Å². The summed E-state index contributed by atoms with van der Waals surface area (Å²) in [6.07, 6.45) is -1.07. The van der Waals surface area contributed by atoms with E-state index in [1.165, 1.54) is 48.8 Å². The average molecular weight is 334 g/mol. The van der Waals surface area contributed by atoms with Gasteiger partial charge in [-0.25, -0.2) is 26.5 Å². The van der Waals surface area contributed by atoms with Crippen molar-refractivity contribution in [2.75, 3.05) is 18.0 Å². The fourth-order valence-corrected chi connectivity index (χ4v) is 3.49. The topological polar surface area (TPSA) is 59.5 Å². The molecule has 1 heterocycles. The maximum atomic E-state index is 12.3. The largest absolute Gasteiger partial charge is 0.488 e. The van der Waals surface area contributed by atoms with Crippen LogP contribution in [0.2, 0.25) is 0 Å². The van der Waals surface area contributed by atoms with Gasteiger partial charge in [-0.15, -0.1) is 11.3 Å². The van der Waals surface area contributed by atoms with E-state index in [2.05, 4.69) is 4.98 Å². The van der Waals surface area contributed by atoms with Gasteiger partial charge in [-0.1, -0.05) is 0 Å². The van der Waals surface area contributed by atoms with Crippen molar-refractivity contribution in [3.05, 3.63) is 35.8 Å². The Morgan fingerprint density at radius 1 is 1.33 bits per heavy atom. The fourth-order valence-electron chi connectivity index (χ4n) is 1.50. The Hall–Kier alpha value is -1.74. The van der Waals surface area contributed by atoms with Crippen LogP contribution in [0.1, 0.15) is 0 Å². The second-order valence-electron chi connectivity index (χ2n) is 3.96. The summed E-state index contributed by atoms with van der Waals surface area (Å²) in [5.74, 6) is 0.186. The number of rotatable bonds is 6. The van der Waals surface area contributed by atoms with E-state index >= 15 is 0 Å². The van der Waals surface area contributed by atoms with E-state index in [1.807, 2.05) is 0 Å². The van der Waals surface area contributed by atoms with Gasteiger partial charge in [-0.2, -0.15) is 0 Å². The summed E-state index contributed by atoms with van der Waals surface area (Å²) in [6, 6.07) is 5.29. The van der Waals surface area contributed by atoms with Crippen LogP contribution in [0.5, 0.6) is 5.75 Å². The van der Waals surface area contributed by atoms with Crippen molar-refractivity contribution in [2.45, 2.75) is 11.3 Å². The first-order chi connectivity index (χ1) is 9.91. The Morgan fingerprint density at radius 2 is 2.00 bits per heavy atom. The van der Waals surface area contributed by atoms with Crippen molar-refractivity contribution in [3.63, 3.8) is 0 Å². The standard InChI is InChI=1S/C12H12F2N2O3S2/c1-16(12-15-6-7-20-12)21(17,18)10-4-2-9(3-5-10)19-8-11(13)14/h2-7,11H,8H2,1H3. The average Bonchev–Trinajstić information content (AvgIpc) is 2.98. The second-order valence-corrected chi connectivity index (χ2v) is 6.80. The summed E-state index contributed by atoms with van der Waals surface area (Å²) >= 11 is 1.19. The number of nitrogens with zero attached hydrogens (tertiary/aromatic N) is 2. The number of sulfonamides is 1. The molecule has 0 saturated heterocycles. The molecule has 0 fully saturated rings. The third kappa shape index (κ3) is 3.67. The van der Waals surface area contributed by atoms with Gasteiger partial charge in [0.15, 0.2) is 5.13 Å². The Kier molecular flexibility index (Phi) is 4.73. The van der Waals surface area contributed by atoms with E-state index in [0.717, 1.165) is 4.31 Å². The van der Waals surface area contributed by atoms with Crippen LogP contribution in [0, 0.1) is 0 Å². The SMILES string of the molecule is CN(c1nccs1)S(=O)(=O)c1ccc(OCC(F)F)cc1. The predicted molar refractivity (Wildman–Crippen MR) is 75.6 cm³/mol. The lowest BCUT2D eigenvalue weighted by molar-refractivity contribution is 0.0819. The highest BCUT2D eigenvalue weighted by molar-refractivity contribution is 7.93. The third-order valence-corrected chi connectivity index (χ3v) is 5.27. The lowest BCUT2D eigenvalue weighted by atomic mass is 10.3. The van der Waals surface area contributed by atoms with Gasteiger partial charge >= 0.3 is 0 Å². The number of halogens is 2. The number of hydrogen-bond acceptors (Lipinski definition) is 5. The Balaban J connectivity index is 2.17. The number of hydrogen-bond donors (Lipinski definition) is 0. The third-order valence-electron chi connectivity index (χ3n) is 2.55. The smallest absolute Gasteiger partial charge is 0.272 e. The molecular weight excluding hydrogens is 322 g/mol. The van der Waals surface area contributed by atoms with Crippen molar-refractivity contribution in [1.29, 1.82) is 0 Å². The Labute approximate surface area is 124 Å². The molecule has 0 spiro atoms. The van der Waals surface area contributed by atoms with E-state index in [1.54, 1.807) is 5.38 Å². The Bertz CT molecular complexity index is 673. The molecule has 0 saturated carbocycles. The van der Waals surface area contributed by atoms with Gasteiger partial charge in [-0.05, 0) is 24.3 Å². The molecule has 0 atom stereocenters. The molecule has 0 bridgehead atoms. The van der Waals surface area contributed by atoms with Crippen LogP contribution in [0.4, 0.5) is 13.9 Å². The van der Waals surface area contributed by atoms with Gasteiger partial charge in [0.25, 0.3) is 16.4 Å². The van der Waals surface area contributed by atoms with Crippen LogP contribution in [0.15, 0.2) is 40.7 Å². The van der Waals surface area contributed by atoms with E-state index in [9.17, 15) is 17.2 Å². The molecule has 0 aliphatic carbocycles. The first-order valence-corrected chi connectivity index (χ1v) is 8.12. The summed E-state index contributed by atoms with van der Waals surface area (Å²) < 4.78 is 54.6. The summed E-state index contributed by atoms with van der Waals surface area (Å²) in [4.78, 5) is 3.96.